The number of hydrogen-bond acceptors (Lipinski definition) is 8. The van der Waals surface area contributed by atoms with E-state index in [1.54, 1.807) is 0 Å². The van der Waals surface area contributed by atoms with Gasteiger partial charge >= 0.3 is 8.24 Å². The first kappa shape index (κ1) is 26.7. The summed E-state index contributed by atoms with van der Waals surface area (Å²) in [4.78, 5) is 0. The molecule has 5 atom stereocenters. The molecule has 8 rings (SSSR count). The number of ether oxygens (including phenoxy) is 5. The number of hydrogen-bond donors (Lipinski definition) is 0. The van der Waals surface area contributed by atoms with Crippen molar-refractivity contribution in [3.05, 3.63) is 72.8 Å². The molecule has 0 saturated carbocycles. The topological polar surface area (TPSA) is 81.7 Å². The molecule has 5 aromatic rings. The van der Waals surface area contributed by atoms with Crippen molar-refractivity contribution in [2.75, 3.05) is 6.61 Å². The molecule has 0 N–H and O–H groups in total. The highest BCUT2D eigenvalue weighted by atomic mass is 31.1. The lowest BCUT2D eigenvalue weighted by Crippen LogP contribution is -2.55. The third-order valence-corrected chi connectivity index (χ3v) is 9.72. The van der Waals surface area contributed by atoms with Crippen LogP contribution in [0.5, 0.6) is 0 Å². The fraction of sp³-hybridized carbons (Fsp3) is 0.394. The standard InChI is InChI=1S/C33H33O8P/c1-31(2)34-18-25(36-31)28-33(5,29-30(35-28)38-32(3,4)37-29)41-42-39-23-16-14-19-10-6-8-12-21(19)26(23)27-22-13-9-7-11-20(22)15-17-24(27)40-42/h6-17,25,28-30H,18H2,1-5H3/t25-,28-,29+,30-,33+/m1/s1. The minimum Gasteiger partial charge on any atom is -0.399 e. The Morgan fingerprint density at radius 1 is 0.667 bits per heavy atom. The molecule has 3 aliphatic rings. The van der Waals surface area contributed by atoms with E-state index < -0.39 is 50.0 Å². The minimum absolute atomic E-state index is 0.350. The summed E-state index contributed by atoms with van der Waals surface area (Å²) < 4.78 is 51.4. The molecule has 218 valence electrons. The van der Waals surface area contributed by atoms with Gasteiger partial charge in [-0.3, -0.25) is 4.52 Å². The first-order valence-corrected chi connectivity index (χ1v) is 15.4. The number of benzene rings is 4. The van der Waals surface area contributed by atoms with Crippen LogP contribution in [0.1, 0.15) is 34.6 Å². The van der Waals surface area contributed by atoms with E-state index in [-0.39, 0.29) is 0 Å². The largest absolute Gasteiger partial charge is 0.399 e. The van der Waals surface area contributed by atoms with Crippen LogP contribution in [-0.4, -0.2) is 48.4 Å². The normalized spacial score (nSPS) is 30.0. The van der Waals surface area contributed by atoms with Crippen molar-refractivity contribution in [2.24, 2.45) is 0 Å². The van der Waals surface area contributed by atoms with E-state index in [4.69, 9.17) is 36.6 Å². The van der Waals surface area contributed by atoms with Gasteiger partial charge in [0.25, 0.3) is 0 Å². The maximum atomic E-state index is 6.91. The highest BCUT2D eigenvalue weighted by Crippen LogP contribution is 2.50. The summed E-state index contributed by atoms with van der Waals surface area (Å²) in [7, 11) is -1.97. The predicted molar refractivity (Wildman–Crippen MR) is 160 cm³/mol. The fourth-order valence-corrected chi connectivity index (χ4v) is 7.90. The van der Waals surface area contributed by atoms with Crippen LogP contribution in [0.3, 0.4) is 0 Å². The van der Waals surface area contributed by atoms with E-state index >= 15 is 0 Å². The van der Waals surface area contributed by atoms with Gasteiger partial charge in [0.05, 0.1) is 6.61 Å². The third-order valence-electron chi connectivity index (χ3n) is 8.49. The van der Waals surface area contributed by atoms with E-state index in [1.807, 2.05) is 71.0 Å². The van der Waals surface area contributed by atoms with Gasteiger partial charge in [0.2, 0.25) is 0 Å². The molecule has 3 fully saturated rings. The van der Waals surface area contributed by atoms with Crippen LogP contribution in [0.2, 0.25) is 0 Å². The molecule has 3 saturated heterocycles. The second-order valence-electron chi connectivity index (χ2n) is 12.3. The van der Waals surface area contributed by atoms with Crippen molar-refractivity contribution < 1.29 is 36.6 Å². The minimum atomic E-state index is -1.97. The van der Waals surface area contributed by atoms with Gasteiger partial charge in [-0.1, -0.05) is 60.7 Å². The molecule has 4 aromatic carbocycles. The Balaban J connectivity index is 1.35. The van der Waals surface area contributed by atoms with Crippen LogP contribution in [0.15, 0.2) is 81.2 Å². The second-order valence-corrected chi connectivity index (χ2v) is 13.3. The first-order chi connectivity index (χ1) is 20.1. The van der Waals surface area contributed by atoms with Crippen LogP contribution in [0, 0.1) is 0 Å². The molecule has 0 radical (unpaired) electrons. The van der Waals surface area contributed by atoms with Crippen molar-refractivity contribution in [1.82, 2.24) is 0 Å². The van der Waals surface area contributed by atoms with E-state index in [0.717, 1.165) is 32.3 Å². The average Bonchev–Trinajstić information content (AvgIpc) is 3.51. The van der Waals surface area contributed by atoms with Crippen molar-refractivity contribution in [3.63, 3.8) is 0 Å². The van der Waals surface area contributed by atoms with Gasteiger partial charge < -0.3 is 32.1 Å². The van der Waals surface area contributed by atoms with Crippen LogP contribution in [0.25, 0.3) is 43.5 Å². The summed E-state index contributed by atoms with van der Waals surface area (Å²) in [5, 5.41) is 6.34. The zero-order valence-corrected chi connectivity index (χ0v) is 25.1. The average molecular weight is 589 g/mol. The smallest absolute Gasteiger partial charge is 0.388 e. The Bertz CT molecular complexity index is 1800. The molecule has 3 aliphatic heterocycles. The molecule has 0 bridgehead atoms. The molecule has 0 spiro atoms. The third kappa shape index (κ3) is 4.20. The lowest BCUT2D eigenvalue weighted by molar-refractivity contribution is -0.239. The number of fused-ring (bicyclic) bond motifs is 8. The van der Waals surface area contributed by atoms with Crippen molar-refractivity contribution in [3.8, 4) is 0 Å². The number of rotatable bonds is 3. The summed E-state index contributed by atoms with van der Waals surface area (Å²) in [5.74, 6) is -1.58. The highest BCUT2D eigenvalue weighted by molar-refractivity contribution is 7.31. The summed E-state index contributed by atoms with van der Waals surface area (Å²) >= 11 is 0. The summed E-state index contributed by atoms with van der Waals surface area (Å²) in [6.45, 7) is 9.83. The monoisotopic (exact) mass is 588 g/mol. The quantitative estimate of drug-likeness (QED) is 0.211. The van der Waals surface area contributed by atoms with E-state index in [2.05, 4.69) is 36.4 Å². The SMILES string of the molecule is CC1(C)OC[C@H]([C@H]2O[C@@H]3OC(C)(C)O[C@@H]3[C@@]2(C)Op2oc3ccc4ccccc4c3c3c(ccc4ccccc43)o2)O1. The molecule has 9 heteroatoms. The fourth-order valence-electron chi connectivity index (χ4n) is 6.63. The second kappa shape index (κ2) is 9.28. The molecule has 0 unspecified atom stereocenters. The maximum Gasteiger partial charge on any atom is 0.388 e. The molecular formula is C33H33O8P. The van der Waals surface area contributed by atoms with Gasteiger partial charge in [0.15, 0.2) is 17.9 Å². The Hall–Kier alpha value is -2.94. The van der Waals surface area contributed by atoms with Gasteiger partial charge in [-0.25, -0.2) is 0 Å². The molecule has 0 aliphatic carbocycles. The zero-order valence-electron chi connectivity index (χ0n) is 24.2. The van der Waals surface area contributed by atoms with Gasteiger partial charge in [0, 0.05) is 10.8 Å². The van der Waals surface area contributed by atoms with Crippen LogP contribution in [0.4, 0.5) is 0 Å². The maximum absolute atomic E-state index is 6.91. The molecule has 0 amide bonds. The summed E-state index contributed by atoms with van der Waals surface area (Å²) in [5.41, 5.74) is 0.337. The van der Waals surface area contributed by atoms with Gasteiger partial charge in [-0.05, 0) is 68.3 Å². The molecular weight excluding hydrogens is 555 g/mol. The van der Waals surface area contributed by atoms with Crippen LogP contribution < -0.4 is 4.52 Å². The van der Waals surface area contributed by atoms with Gasteiger partial charge in [-0.15, -0.1) is 0 Å². The molecule has 8 nitrogen and oxygen atoms in total. The first-order valence-electron chi connectivity index (χ1n) is 14.3. The van der Waals surface area contributed by atoms with Gasteiger partial charge in [0.1, 0.15) is 35.1 Å². The van der Waals surface area contributed by atoms with E-state index in [1.165, 1.54) is 0 Å². The Morgan fingerprint density at radius 2 is 1.26 bits per heavy atom. The zero-order chi connectivity index (χ0) is 28.9. The van der Waals surface area contributed by atoms with E-state index in [9.17, 15) is 0 Å². The predicted octanol–water partition coefficient (Wildman–Crippen LogP) is 7.81. The molecule has 1 aromatic heterocycles. The summed E-state index contributed by atoms with van der Waals surface area (Å²) in [6.07, 6.45) is -2.15. The Labute approximate surface area is 244 Å². The van der Waals surface area contributed by atoms with Crippen molar-refractivity contribution in [1.29, 1.82) is 0 Å². The lowest BCUT2D eigenvalue weighted by atomic mass is 9.91. The van der Waals surface area contributed by atoms with Crippen LogP contribution in [-0.2, 0) is 23.7 Å². The Kier molecular flexibility index (Phi) is 5.89. The Morgan fingerprint density at radius 3 is 1.83 bits per heavy atom. The van der Waals surface area contributed by atoms with Gasteiger partial charge in [-0.2, -0.15) is 0 Å². The highest BCUT2D eigenvalue weighted by Gasteiger charge is 2.66. The van der Waals surface area contributed by atoms with Crippen molar-refractivity contribution >= 4 is 51.7 Å². The summed E-state index contributed by atoms with van der Waals surface area (Å²) in [6, 6.07) is 24.8. The van der Waals surface area contributed by atoms with Crippen LogP contribution >= 0.6 is 8.24 Å². The van der Waals surface area contributed by atoms with E-state index in [0.29, 0.717) is 17.8 Å². The van der Waals surface area contributed by atoms with Crippen molar-refractivity contribution in [2.45, 2.75) is 76.4 Å². The lowest BCUT2D eigenvalue weighted by Gasteiger charge is -2.35. The molecule has 42 heavy (non-hydrogen) atoms. The molecule has 4 heterocycles.